The first-order chi connectivity index (χ1) is 23.7. The van der Waals surface area contributed by atoms with Gasteiger partial charge in [0.25, 0.3) is 0 Å². The summed E-state index contributed by atoms with van der Waals surface area (Å²) in [5, 5.41) is 0. The summed E-state index contributed by atoms with van der Waals surface area (Å²) in [6.07, 6.45) is 10.3. The van der Waals surface area contributed by atoms with E-state index in [9.17, 15) is 13.2 Å². The van der Waals surface area contributed by atoms with Crippen molar-refractivity contribution in [2.75, 3.05) is 0 Å². The van der Waals surface area contributed by atoms with Crippen LogP contribution >= 0.6 is 0 Å². The Morgan fingerprint density at radius 3 is 1.37 bits per heavy atom. The summed E-state index contributed by atoms with van der Waals surface area (Å²) >= 11 is 0. The Morgan fingerprint density at radius 2 is 0.959 bits per heavy atom. The third kappa shape index (κ3) is 8.96. The van der Waals surface area contributed by atoms with Gasteiger partial charge in [0, 0.05) is 16.7 Å². The second-order valence-corrected chi connectivity index (χ2v) is 11.4. The van der Waals surface area contributed by atoms with Crippen molar-refractivity contribution in [3.8, 4) is 45.0 Å². The Bertz CT molecular complexity index is 2020. The van der Waals surface area contributed by atoms with Crippen molar-refractivity contribution in [2.45, 2.75) is 26.4 Å². The van der Waals surface area contributed by atoms with Gasteiger partial charge in [-0.2, -0.15) is 13.2 Å². The molecule has 0 radical (unpaired) electrons. The van der Waals surface area contributed by atoms with Crippen molar-refractivity contribution in [1.29, 1.82) is 0 Å². The number of benzene rings is 4. The summed E-state index contributed by atoms with van der Waals surface area (Å²) in [5.41, 5.74) is 10.4. The zero-order chi connectivity index (χ0) is 34.8. The number of halogens is 3. The average molecular weight is 651 g/mol. The van der Waals surface area contributed by atoms with Crippen molar-refractivity contribution in [1.82, 2.24) is 9.97 Å². The molecule has 5 aromatic rings. The van der Waals surface area contributed by atoms with Crippen LogP contribution in [0.15, 0.2) is 165 Å². The summed E-state index contributed by atoms with van der Waals surface area (Å²) in [5.74, 6) is 0.431. The quantitative estimate of drug-likeness (QED) is 0.133. The number of aromatic nitrogens is 2. The van der Waals surface area contributed by atoms with Crippen LogP contribution in [-0.2, 0) is 6.42 Å². The Hall–Kier alpha value is -5.81. The summed E-state index contributed by atoms with van der Waals surface area (Å²) in [6, 6.07) is 32.9. The van der Waals surface area contributed by atoms with Gasteiger partial charge in [0.2, 0.25) is 0 Å². The largest absolute Gasteiger partial charge is 0.393 e. The minimum absolute atomic E-state index is 0.186. The maximum Gasteiger partial charge on any atom is 0.393 e. The predicted octanol–water partition coefficient (Wildman–Crippen LogP) is 12.5. The van der Waals surface area contributed by atoms with E-state index in [0.29, 0.717) is 22.8 Å². The second kappa shape index (κ2) is 15.9. The Labute approximate surface area is 286 Å². The van der Waals surface area contributed by atoms with E-state index >= 15 is 0 Å². The molecule has 0 bridgehead atoms. The third-order valence-electron chi connectivity index (χ3n) is 7.88. The maximum atomic E-state index is 13.0. The van der Waals surface area contributed by atoms with Gasteiger partial charge < -0.3 is 0 Å². The first-order valence-electron chi connectivity index (χ1n) is 16.0. The van der Waals surface area contributed by atoms with Crippen LogP contribution in [-0.4, -0.2) is 16.1 Å². The fourth-order valence-corrected chi connectivity index (χ4v) is 5.51. The van der Waals surface area contributed by atoms with Crippen LogP contribution in [0, 0.1) is 0 Å². The van der Waals surface area contributed by atoms with Crippen LogP contribution in [0.1, 0.15) is 30.5 Å². The molecule has 0 unspecified atom stereocenters. The molecule has 0 aliphatic heterocycles. The molecule has 5 heteroatoms. The number of nitrogens with zero attached hydrogens (tertiary/aromatic N) is 2. The van der Waals surface area contributed by atoms with Crippen LogP contribution in [0.2, 0.25) is 0 Å². The minimum Gasteiger partial charge on any atom is -0.228 e. The van der Waals surface area contributed by atoms with Gasteiger partial charge in [0.05, 0.1) is 17.8 Å². The molecular formula is C44H37F3N2. The minimum atomic E-state index is -4.28. The van der Waals surface area contributed by atoms with Crippen LogP contribution < -0.4 is 0 Å². The fraction of sp³-hybridized carbons (Fsp3) is 0.0909. The molecule has 4 aromatic carbocycles. The van der Waals surface area contributed by atoms with Gasteiger partial charge in [-0.25, -0.2) is 9.97 Å². The Kier molecular flexibility index (Phi) is 11.2. The van der Waals surface area contributed by atoms with E-state index in [2.05, 4.69) is 55.6 Å². The number of allylic oxidation sites excluding steroid dienone is 10. The van der Waals surface area contributed by atoms with Gasteiger partial charge in [-0.1, -0.05) is 159 Å². The molecule has 2 nitrogen and oxygen atoms in total. The molecule has 0 N–H and O–H groups in total. The number of hydrogen-bond acceptors (Lipinski definition) is 2. The molecule has 0 spiro atoms. The van der Waals surface area contributed by atoms with E-state index in [0.717, 1.165) is 44.5 Å². The zero-order valence-electron chi connectivity index (χ0n) is 27.6. The first-order valence-corrected chi connectivity index (χ1v) is 16.0. The van der Waals surface area contributed by atoms with E-state index in [4.69, 9.17) is 9.97 Å². The molecule has 49 heavy (non-hydrogen) atoms. The molecule has 0 aliphatic carbocycles. The Balaban J connectivity index is 1.52. The molecule has 0 amide bonds. The highest BCUT2D eigenvalue weighted by Gasteiger charge is 2.27. The number of hydrogen-bond donors (Lipinski definition) is 0. The smallest absolute Gasteiger partial charge is 0.228 e. The summed E-state index contributed by atoms with van der Waals surface area (Å²) < 4.78 is 39.0. The summed E-state index contributed by atoms with van der Waals surface area (Å²) in [4.78, 5) is 9.75. The SMILES string of the molecule is C=C/C=C(\C=C/C)c1ccc(-c2ccc(-c3cc(-c4ccc(C(/C=C\C)=C/C=C)cc4)nc(-c4ccc(CC(F)(F)F)cc4)n3)cc2)cc1. The molecule has 0 aliphatic rings. The zero-order valence-corrected chi connectivity index (χ0v) is 27.6. The fourth-order valence-electron chi connectivity index (χ4n) is 5.51. The van der Waals surface area contributed by atoms with Gasteiger partial charge >= 0.3 is 6.18 Å². The van der Waals surface area contributed by atoms with Crippen LogP contribution in [0.3, 0.4) is 0 Å². The van der Waals surface area contributed by atoms with E-state index < -0.39 is 12.6 Å². The van der Waals surface area contributed by atoms with Crippen LogP contribution in [0.25, 0.3) is 56.2 Å². The lowest BCUT2D eigenvalue weighted by atomic mass is 9.98. The van der Waals surface area contributed by atoms with E-state index in [1.54, 1.807) is 24.3 Å². The van der Waals surface area contributed by atoms with E-state index in [-0.39, 0.29) is 5.56 Å². The number of alkyl halides is 3. The van der Waals surface area contributed by atoms with E-state index in [1.807, 2.05) is 86.7 Å². The topological polar surface area (TPSA) is 25.8 Å². The van der Waals surface area contributed by atoms with Crippen molar-refractivity contribution in [2.24, 2.45) is 0 Å². The van der Waals surface area contributed by atoms with Crippen molar-refractivity contribution in [3.63, 3.8) is 0 Å². The van der Waals surface area contributed by atoms with E-state index in [1.165, 1.54) is 12.1 Å². The van der Waals surface area contributed by atoms with Gasteiger partial charge in [0.1, 0.15) is 0 Å². The monoisotopic (exact) mass is 650 g/mol. The lowest BCUT2D eigenvalue weighted by molar-refractivity contribution is -0.127. The molecule has 0 saturated carbocycles. The number of rotatable bonds is 11. The predicted molar refractivity (Wildman–Crippen MR) is 200 cm³/mol. The van der Waals surface area contributed by atoms with Crippen molar-refractivity contribution in [3.05, 3.63) is 182 Å². The second-order valence-electron chi connectivity index (χ2n) is 11.4. The summed E-state index contributed by atoms with van der Waals surface area (Å²) in [7, 11) is 0. The van der Waals surface area contributed by atoms with Gasteiger partial charge in [-0.3, -0.25) is 0 Å². The highest BCUT2D eigenvalue weighted by atomic mass is 19.4. The Morgan fingerprint density at radius 1 is 0.571 bits per heavy atom. The van der Waals surface area contributed by atoms with Crippen molar-refractivity contribution >= 4 is 11.1 Å². The molecule has 0 atom stereocenters. The molecule has 1 aromatic heterocycles. The average Bonchev–Trinajstić information content (AvgIpc) is 3.11. The lowest BCUT2D eigenvalue weighted by Crippen LogP contribution is -2.11. The van der Waals surface area contributed by atoms with Gasteiger partial charge in [-0.15, -0.1) is 0 Å². The van der Waals surface area contributed by atoms with Crippen molar-refractivity contribution < 1.29 is 13.2 Å². The standard InChI is InChI=1S/C44H37F3N2/c1-5-9-32(10-6-2)34-17-19-36(20-18-34)37-23-27-39(28-24-37)42-29-41(38-25-21-35(22-26-38)33(11-7-3)12-8-4)48-43(49-42)40-15-13-31(14-16-40)30-44(45,46)47/h5-29H,1,3,30H2,2,4H3/b10-6-,12-8-,32-9+,33-11+. The molecule has 0 saturated heterocycles. The third-order valence-corrected chi connectivity index (χ3v) is 7.88. The van der Waals surface area contributed by atoms with Gasteiger partial charge in [0.15, 0.2) is 5.82 Å². The molecule has 5 rings (SSSR count). The molecule has 1 heterocycles. The van der Waals surface area contributed by atoms with Crippen LogP contribution in [0.4, 0.5) is 13.2 Å². The molecule has 0 fully saturated rings. The first kappa shape index (κ1) is 34.5. The maximum absolute atomic E-state index is 13.0. The van der Waals surface area contributed by atoms with Gasteiger partial charge in [-0.05, 0) is 58.9 Å². The normalized spacial score (nSPS) is 12.5. The summed E-state index contributed by atoms with van der Waals surface area (Å²) in [6.45, 7) is 11.6. The molecular weight excluding hydrogens is 613 g/mol. The lowest BCUT2D eigenvalue weighted by Gasteiger charge is -2.12. The highest BCUT2D eigenvalue weighted by molar-refractivity contribution is 5.79. The van der Waals surface area contributed by atoms with Crippen LogP contribution in [0.5, 0.6) is 0 Å². The molecule has 244 valence electrons. The highest BCUT2D eigenvalue weighted by Crippen LogP contribution is 2.31.